The molecule has 1 aromatic heterocycles. The van der Waals surface area contributed by atoms with Crippen molar-refractivity contribution in [3.63, 3.8) is 0 Å². The van der Waals surface area contributed by atoms with Crippen LogP contribution in [-0.4, -0.2) is 59.4 Å². The molecule has 1 saturated heterocycles. The number of fused-ring (bicyclic) bond motifs is 1. The molecule has 15 heteroatoms. The van der Waals surface area contributed by atoms with Crippen LogP contribution in [0.1, 0.15) is 10.4 Å². The van der Waals surface area contributed by atoms with Gasteiger partial charge in [0, 0.05) is 17.0 Å². The van der Waals surface area contributed by atoms with E-state index in [4.69, 9.17) is 8.92 Å². The smallest absolute Gasteiger partial charge is 0.359 e. The van der Waals surface area contributed by atoms with Gasteiger partial charge in [0.25, 0.3) is 11.6 Å². The van der Waals surface area contributed by atoms with E-state index in [0.29, 0.717) is 5.56 Å². The Morgan fingerprint density at radius 2 is 1.97 bits per heavy atom. The molecule has 0 radical (unpaired) electrons. The van der Waals surface area contributed by atoms with Crippen LogP contribution in [0.15, 0.2) is 53.2 Å². The molecule has 3 heterocycles. The number of nitro benzene ring substituents is 1. The number of nitrogens with one attached hydrogen (secondary N) is 1. The lowest BCUT2D eigenvalue weighted by molar-refractivity contribution is -0.384. The summed E-state index contributed by atoms with van der Waals surface area (Å²) in [6.45, 7) is -0.284. The second kappa shape index (κ2) is 10.3. The zero-order chi connectivity index (χ0) is 26.0. The molecule has 2 atom stereocenters. The topological polar surface area (TPSA) is 162 Å². The highest BCUT2D eigenvalue weighted by Gasteiger charge is 2.55. The van der Waals surface area contributed by atoms with Crippen molar-refractivity contribution in [2.24, 2.45) is 0 Å². The summed E-state index contributed by atoms with van der Waals surface area (Å²) in [7, 11) is -4.02. The number of rotatable bonds is 9. The third-order valence-electron chi connectivity index (χ3n) is 5.13. The number of hydrogen-bond acceptors (Lipinski definition) is 11. The average molecular weight is 554 g/mol. The van der Waals surface area contributed by atoms with Gasteiger partial charge < -0.3 is 14.2 Å². The summed E-state index contributed by atoms with van der Waals surface area (Å²) < 4.78 is 33.7. The molecule has 0 saturated carbocycles. The Kier molecular flexibility index (Phi) is 7.33. The van der Waals surface area contributed by atoms with Gasteiger partial charge in [-0.3, -0.25) is 24.6 Å². The summed E-state index contributed by atoms with van der Waals surface area (Å²) in [6, 6.07) is 8.00. The van der Waals surface area contributed by atoms with Crippen LogP contribution in [0.5, 0.6) is 0 Å². The van der Waals surface area contributed by atoms with Crippen LogP contribution in [-0.2, 0) is 46.4 Å². The molecule has 0 bridgehead atoms. The number of carbonyl (C=O) groups excluding carboxylic acids is 3. The Morgan fingerprint density at radius 1 is 1.25 bits per heavy atom. The van der Waals surface area contributed by atoms with E-state index in [1.807, 2.05) is 11.4 Å². The number of nitrogens with zero attached hydrogens (tertiary/aromatic N) is 2. The molecule has 36 heavy (non-hydrogen) atoms. The second-order valence-electron chi connectivity index (χ2n) is 7.77. The Hall–Kier alpha value is -3.43. The zero-order valence-electron chi connectivity index (χ0n) is 18.6. The maximum absolute atomic E-state index is 13.0. The Labute approximate surface area is 213 Å². The molecular formula is C21H19N3O9S3. The van der Waals surface area contributed by atoms with E-state index in [-0.39, 0.29) is 41.8 Å². The van der Waals surface area contributed by atoms with Crippen molar-refractivity contribution in [1.82, 2.24) is 10.2 Å². The number of carbonyl (C=O) groups is 3. The van der Waals surface area contributed by atoms with E-state index < -0.39 is 38.3 Å². The van der Waals surface area contributed by atoms with Gasteiger partial charge in [-0.15, -0.1) is 23.1 Å². The third kappa shape index (κ3) is 5.68. The number of hydrogen-bond donors (Lipinski definition) is 1. The first-order valence-corrected chi connectivity index (χ1v) is 14.1. The van der Waals surface area contributed by atoms with E-state index in [0.717, 1.165) is 27.8 Å². The average Bonchev–Trinajstić information content (AvgIpc) is 3.33. The van der Waals surface area contributed by atoms with Crippen molar-refractivity contribution in [1.29, 1.82) is 0 Å². The van der Waals surface area contributed by atoms with Gasteiger partial charge in [0.1, 0.15) is 18.0 Å². The van der Waals surface area contributed by atoms with Gasteiger partial charge in [0.15, 0.2) is 11.5 Å². The normalized spacial score (nSPS) is 19.2. The molecule has 4 rings (SSSR count). The third-order valence-corrected chi connectivity index (χ3v) is 7.76. The van der Waals surface area contributed by atoms with E-state index in [2.05, 4.69) is 5.32 Å². The Bertz CT molecular complexity index is 1340. The minimum atomic E-state index is -4.02. The van der Waals surface area contributed by atoms with E-state index >= 15 is 0 Å². The monoisotopic (exact) mass is 553 g/mol. The minimum absolute atomic E-state index is 0.0548. The van der Waals surface area contributed by atoms with Gasteiger partial charge in [-0.2, -0.15) is 8.42 Å². The highest BCUT2D eigenvalue weighted by atomic mass is 32.2. The van der Waals surface area contributed by atoms with Gasteiger partial charge in [0.2, 0.25) is 5.91 Å². The lowest BCUT2D eigenvalue weighted by Crippen LogP contribution is -2.70. The first kappa shape index (κ1) is 25.7. The molecule has 1 fully saturated rings. The summed E-state index contributed by atoms with van der Waals surface area (Å²) in [5, 5.41) is 14.6. The van der Waals surface area contributed by atoms with Crippen LogP contribution in [0.3, 0.4) is 0 Å². The number of ether oxygens (including phenoxy) is 1. The molecule has 1 aromatic carbocycles. The van der Waals surface area contributed by atoms with Crippen LogP contribution >= 0.6 is 23.1 Å². The molecule has 2 aliphatic heterocycles. The minimum Gasteiger partial charge on any atom is -0.456 e. The Morgan fingerprint density at radius 3 is 2.58 bits per heavy atom. The number of thiophene rings is 1. The lowest BCUT2D eigenvalue weighted by Gasteiger charge is -2.49. The predicted molar refractivity (Wildman–Crippen MR) is 129 cm³/mol. The molecule has 2 aromatic rings. The molecular weight excluding hydrogens is 534 g/mol. The second-order valence-corrected chi connectivity index (χ2v) is 11.5. The van der Waals surface area contributed by atoms with Crippen LogP contribution in [0.4, 0.5) is 5.69 Å². The van der Waals surface area contributed by atoms with E-state index in [1.165, 1.54) is 35.6 Å². The molecule has 0 aliphatic carbocycles. The van der Waals surface area contributed by atoms with Crippen LogP contribution in [0, 0.1) is 10.1 Å². The lowest BCUT2D eigenvalue weighted by atomic mass is 10.0. The van der Waals surface area contributed by atoms with Crippen molar-refractivity contribution in [3.8, 4) is 0 Å². The number of nitro groups is 1. The Balaban J connectivity index is 1.49. The van der Waals surface area contributed by atoms with Gasteiger partial charge in [-0.1, -0.05) is 6.07 Å². The number of amides is 2. The van der Waals surface area contributed by atoms with Crippen LogP contribution in [0.2, 0.25) is 0 Å². The summed E-state index contributed by atoms with van der Waals surface area (Å²) in [5.41, 5.74) is -0.0579. The first-order valence-electron chi connectivity index (χ1n) is 10.3. The fourth-order valence-electron chi connectivity index (χ4n) is 3.55. The van der Waals surface area contributed by atoms with Gasteiger partial charge in [-0.25, -0.2) is 4.79 Å². The summed E-state index contributed by atoms with van der Waals surface area (Å²) in [5.74, 6) is -2.29. The number of β-lactam (4-membered cyclic amide) rings is 1. The fourth-order valence-corrected chi connectivity index (χ4v) is 6.09. The molecule has 2 amide bonds. The molecule has 190 valence electrons. The largest absolute Gasteiger partial charge is 0.456 e. The van der Waals surface area contributed by atoms with Crippen molar-refractivity contribution in [2.45, 2.75) is 24.4 Å². The maximum atomic E-state index is 13.0. The van der Waals surface area contributed by atoms with Crippen molar-refractivity contribution in [2.75, 3.05) is 12.0 Å². The SMILES string of the molecule is CS(=O)(=O)OC1=C(C(=O)OCc2ccc([N+](=O)[O-])cc2)N2C(=O)[C@@H](NC(=O)Cc3cccs3)[C@H]2SC1. The summed E-state index contributed by atoms with van der Waals surface area (Å²) in [4.78, 5) is 50.4. The van der Waals surface area contributed by atoms with Gasteiger partial charge in [0.05, 0.1) is 23.4 Å². The van der Waals surface area contributed by atoms with Crippen molar-refractivity contribution in [3.05, 3.63) is 73.8 Å². The number of thioether (sulfide) groups is 1. The molecule has 2 aliphatic rings. The quantitative estimate of drug-likeness (QED) is 0.158. The predicted octanol–water partition coefficient (Wildman–Crippen LogP) is 1.53. The van der Waals surface area contributed by atoms with Crippen molar-refractivity contribution >= 4 is 56.7 Å². The maximum Gasteiger partial charge on any atom is 0.359 e. The van der Waals surface area contributed by atoms with E-state index in [1.54, 1.807) is 6.07 Å². The van der Waals surface area contributed by atoms with Gasteiger partial charge in [-0.05, 0) is 29.1 Å². The molecule has 0 spiro atoms. The van der Waals surface area contributed by atoms with Crippen LogP contribution < -0.4 is 5.32 Å². The van der Waals surface area contributed by atoms with Crippen molar-refractivity contribution < 1.29 is 36.6 Å². The summed E-state index contributed by atoms with van der Waals surface area (Å²) in [6.07, 6.45) is 0.906. The number of benzene rings is 1. The molecule has 0 unspecified atom stereocenters. The standard InChI is InChI=1S/C21H19N3O9S3/c1-36(30,31)33-15-11-35-20-17(22-16(25)9-14-3-2-8-34-14)19(26)23(20)18(15)21(27)32-10-12-4-6-13(7-5-12)24(28)29/h2-8,17,20H,9-11H2,1H3,(H,22,25)/t17-,20-/m1/s1. The van der Waals surface area contributed by atoms with Gasteiger partial charge >= 0.3 is 16.1 Å². The highest BCUT2D eigenvalue weighted by molar-refractivity contribution is 8.00. The number of esters is 1. The molecule has 12 nitrogen and oxygen atoms in total. The highest BCUT2D eigenvalue weighted by Crippen LogP contribution is 2.41. The van der Waals surface area contributed by atoms with Crippen LogP contribution in [0.25, 0.3) is 0 Å². The first-order chi connectivity index (χ1) is 17.0. The number of non-ortho nitro benzene ring substituents is 1. The zero-order valence-corrected chi connectivity index (χ0v) is 21.1. The van der Waals surface area contributed by atoms with E-state index in [9.17, 15) is 32.9 Å². The molecule has 1 N–H and O–H groups in total. The fraction of sp³-hybridized carbons (Fsp3) is 0.286. The summed E-state index contributed by atoms with van der Waals surface area (Å²) >= 11 is 2.54.